The quantitative estimate of drug-likeness (QED) is 0.921. The Morgan fingerprint density at radius 3 is 2.55 bits per heavy atom. The van der Waals surface area contributed by atoms with Gasteiger partial charge in [0.1, 0.15) is 13.2 Å². The van der Waals surface area contributed by atoms with Crippen molar-refractivity contribution in [2.45, 2.75) is 12.8 Å². The number of amides is 1. The van der Waals surface area contributed by atoms with Crippen molar-refractivity contribution in [3.05, 3.63) is 59.7 Å². The van der Waals surface area contributed by atoms with Crippen molar-refractivity contribution in [1.29, 1.82) is 0 Å². The summed E-state index contributed by atoms with van der Waals surface area (Å²) >= 11 is 0. The Kier molecular flexibility index (Phi) is 4.59. The van der Waals surface area contributed by atoms with Crippen LogP contribution in [0.5, 0.6) is 11.5 Å². The monoisotopic (exact) mass is 297 g/mol. The number of nitrogens with one attached hydrogen (secondary N) is 1. The highest BCUT2D eigenvalue weighted by atomic mass is 16.6. The summed E-state index contributed by atoms with van der Waals surface area (Å²) in [6.07, 6.45) is 1.19. The molecule has 0 saturated carbocycles. The lowest BCUT2D eigenvalue weighted by molar-refractivity contribution is -0.120. The number of carbonyl (C=O) groups is 1. The van der Waals surface area contributed by atoms with Crippen LogP contribution in [0.4, 0.5) is 0 Å². The van der Waals surface area contributed by atoms with Crippen LogP contribution in [0.2, 0.25) is 0 Å². The lowest BCUT2D eigenvalue weighted by atomic mass is 10.1. The molecule has 4 nitrogen and oxygen atoms in total. The molecule has 3 rings (SSSR count). The van der Waals surface area contributed by atoms with E-state index >= 15 is 0 Å². The van der Waals surface area contributed by atoms with E-state index in [2.05, 4.69) is 5.32 Å². The van der Waals surface area contributed by atoms with E-state index in [4.69, 9.17) is 9.47 Å². The van der Waals surface area contributed by atoms with Gasteiger partial charge < -0.3 is 14.8 Å². The number of carbonyl (C=O) groups excluding carboxylic acids is 1. The van der Waals surface area contributed by atoms with Crippen LogP contribution in [-0.4, -0.2) is 25.7 Å². The maximum Gasteiger partial charge on any atom is 0.224 e. The lowest BCUT2D eigenvalue weighted by Crippen LogP contribution is -2.27. The van der Waals surface area contributed by atoms with Gasteiger partial charge in [0.25, 0.3) is 0 Å². The second-order valence-corrected chi connectivity index (χ2v) is 5.24. The Hall–Kier alpha value is -2.49. The van der Waals surface area contributed by atoms with Crippen LogP contribution < -0.4 is 14.8 Å². The fourth-order valence-electron chi connectivity index (χ4n) is 2.43. The maximum atomic E-state index is 11.9. The zero-order valence-electron chi connectivity index (χ0n) is 12.4. The first-order valence-electron chi connectivity index (χ1n) is 7.50. The molecule has 0 aromatic heterocycles. The Labute approximate surface area is 130 Å². The van der Waals surface area contributed by atoms with E-state index in [1.807, 2.05) is 48.5 Å². The average Bonchev–Trinajstić information content (AvgIpc) is 2.55. The number of hydrogen-bond donors (Lipinski definition) is 1. The summed E-state index contributed by atoms with van der Waals surface area (Å²) < 4.78 is 11.1. The molecule has 22 heavy (non-hydrogen) atoms. The van der Waals surface area contributed by atoms with Gasteiger partial charge in [0, 0.05) is 6.54 Å². The molecule has 0 unspecified atom stereocenters. The summed E-state index contributed by atoms with van der Waals surface area (Å²) in [5, 5.41) is 2.95. The highest BCUT2D eigenvalue weighted by Crippen LogP contribution is 2.30. The Bertz CT molecular complexity index is 640. The minimum Gasteiger partial charge on any atom is -0.486 e. The fourth-order valence-corrected chi connectivity index (χ4v) is 2.43. The number of hydrogen-bond acceptors (Lipinski definition) is 3. The van der Waals surface area contributed by atoms with Crippen LogP contribution in [-0.2, 0) is 17.6 Å². The molecule has 1 aliphatic heterocycles. The standard InChI is InChI=1S/C18H19NO3/c20-18(13-14-4-2-1-3-5-14)19-9-8-15-6-7-16-17(12-15)22-11-10-21-16/h1-7,12H,8-11,13H2,(H,19,20). The van der Waals surface area contributed by atoms with Crippen molar-refractivity contribution in [2.75, 3.05) is 19.8 Å². The van der Waals surface area contributed by atoms with Gasteiger partial charge >= 0.3 is 0 Å². The third kappa shape index (κ3) is 3.79. The first kappa shape index (κ1) is 14.4. The smallest absolute Gasteiger partial charge is 0.224 e. The van der Waals surface area contributed by atoms with Gasteiger partial charge in [-0.3, -0.25) is 4.79 Å². The summed E-state index contributed by atoms with van der Waals surface area (Å²) in [6, 6.07) is 15.7. The largest absolute Gasteiger partial charge is 0.486 e. The Balaban J connectivity index is 1.47. The minimum atomic E-state index is 0.0451. The molecule has 0 bridgehead atoms. The van der Waals surface area contributed by atoms with Crippen LogP contribution in [0.1, 0.15) is 11.1 Å². The van der Waals surface area contributed by atoms with E-state index in [-0.39, 0.29) is 5.91 Å². The van der Waals surface area contributed by atoms with E-state index in [9.17, 15) is 4.79 Å². The van der Waals surface area contributed by atoms with Gasteiger partial charge in [0.2, 0.25) is 5.91 Å². The number of benzene rings is 2. The van der Waals surface area contributed by atoms with Crippen molar-refractivity contribution >= 4 is 5.91 Å². The first-order chi connectivity index (χ1) is 10.8. The van der Waals surface area contributed by atoms with E-state index in [1.54, 1.807) is 0 Å². The predicted octanol–water partition coefficient (Wildman–Crippen LogP) is 2.36. The normalized spacial score (nSPS) is 12.7. The van der Waals surface area contributed by atoms with Gasteiger partial charge in [0.15, 0.2) is 11.5 Å². The molecule has 1 heterocycles. The van der Waals surface area contributed by atoms with Crippen LogP contribution in [0.3, 0.4) is 0 Å². The highest BCUT2D eigenvalue weighted by molar-refractivity contribution is 5.78. The Morgan fingerprint density at radius 1 is 0.955 bits per heavy atom. The number of fused-ring (bicyclic) bond motifs is 1. The van der Waals surface area contributed by atoms with Crippen LogP contribution in [0.15, 0.2) is 48.5 Å². The molecule has 0 saturated heterocycles. The highest BCUT2D eigenvalue weighted by Gasteiger charge is 2.11. The van der Waals surface area contributed by atoms with Crippen molar-refractivity contribution in [3.63, 3.8) is 0 Å². The van der Waals surface area contributed by atoms with Crippen LogP contribution >= 0.6 is 0 Å². The van der Waals surface area contributed by atoms with Crippen molar-refractivity contribution in [3.8, 4) is 11.5 Å². The number of ether oxygens (including phenoxy) is 2. The molecule has 0 aliphatic carbocycles. The molecule has 0 atom stereocenters. The summed E-state index contributed by atoms with van der Waals surface area (Å²) in [5.74, 6) is 1.63. The molecule has 0 spiro atoms. The van der Waals surface area contributed by atoms with Crippen LogP contribution in [0, 0.1) is 0 Å². The van der Waals surface area contributed by atoms with Gasteiger partial charge in [0.05, 0.1) is 6.42 Å². The molecule has 4 heteroatoms. The lowest BCUT2D eigenvalue weighted by Gasteiger charge is -2.18. The molecule has 0 radical (unpaired) electrons. The average molecular weight is 297 g/mol. The van der Waals surface area contributed by atoms with Crippen molar-refractivity contribution in [2.24, 2.45) is 0 Å². The molecular formula is C18H19NO3. The zero-order valence-corrected chi connectivity index (χ0v) is 12.4. The maximum absolute atomic E-state index is 11.9. The van der Waals surface area contributed by atoms with Crippen LogP contribution in [0.25, 0.3) is 0 Å². The summed E-state index contributed by atoms with van der Waals surface area (Å²) in [5.41, 5.74) is 2.16. The zero-order chi connectivity index (χ0) is 15.2. The van der Waals surface area contributed by atoms with Gasteiger partial charge in [-0.05, 0) is 29.7 Å². The second-order valence-electron chi connectivity index (χ2n) is 5.24. The van der Waals surface area contributed by atoms with Crippen molar-refractivity contribution in [1.82, 2.24) is 5.32 Å². The van der Waals surface area contributed by atoms with E-state index in [0.29, 0.717) is 26.2 Å². The predicted molar refractivity (Wildman–Crippen MR) is 84.3 cm³/mol. The first-order valence-corrected chi connectivity index (χ1v) is 7.50. The number of rotatable bonds is 5. The molecule has 114 valence electrons. The van der Waals surface area contributed by atoms with Gasteiger partial charge in [-0.15, -0.1) is 0 Å². The summed E-state index contributed by atoms with van der Waals surface area (Å²) in [4.78, 5) is 11.9. The van der Waals surface area contributed by atoms with Crippen molar-refractivity contribution < 1.29 is 14.3 Å². The second kappa shape index (κ2) is 6.98. The molecule has 1 N–H and O–H groups in total. The summed E-state index contributed by atoms with van der Waals surface area (Å²) in [7, 11) is 0. The molecule has 2 aromatic rings. The molecule has 2 aromatic carbocycles. The topological polar surface area (TPSA) is 47.6 Å². The van der Waals surface area contributed by atoms with E-state index in [1.165, 1.54) is 0 Å². The Morgan fingerprint density at radius 2 is 1.73 bits per heavy atom. The van der Waals surface area contributed by atoms with Gasteiger partial charge in [-0.25, -0.2) is 0 Å². The third-order valence-electron chi connectivity index (χ3n) is 3.55. The summed E-state index contributed by atoms with van der Waals surface area (Å²) in [6.45, 7) is 1.80. The SMILES string of the molecule is O=C(Cc1ccccc1)NCCc1ccc2c(c1)OCCO2. The molecule has 1 aliphatic rings. The third-order valence-corrected chi connectivity index (χ3v) is 3.55. The fraction of sp³-hybridized carbons (Fsp3) is 0.278. The van der Waals surface area contributed by atoms with E-state index in [0.717, 1.165) is 29.0 Å². The van der Waals surface area contributed by atoms with E-state index < -0.39 is 0 Å². The molecule has 0 fully saturated rings. The van der Waals surface area contributed by atoms with Gasteiger partial charge in [-0.2, -0.15) is 0 Å². The minimum absolute atomic E-state index is 0.0451. The van der Waals surface area contributed by atoms with Gasteiger partial charge in [-0.1, -0.05) is 36.4 Å². The molecule has 1 amide bonds. The molecular weight excluding hydrogens is 278 g/mol.